The Balaban J connectivity index is -0.0000000580. The molecular weight excluding hydrogens is 715 g/mol. The van der Waals surface area contributed by atoms with Crippen molar-refractivity contribution in [3.05, 3.63) is 35.4 Å². The van der Waals surface area contributed by atoms with Gasteiger partial charge in [0.05, 0.1) is 0 Å². The van der Waals surface area contributed by atoms with Crippen LogP contribution in [0.5, 0.6) is 0 Å². The Bertz CT molecular complexity index is 880. The van der Waals surface area contributed by atoms with Gasteiger partial charge in [-0.3, -0.25) is 0 Å². The molecule has 0 aliphatic heterocycles. The van der Waals surface area contributed by atoms with E-state index in [-0.39, 0.29) is 69.2 Å². The lowest BCUT2D eigenvalue weighted by Crippen LogP contribution is -2.44. The first kappa shape index (κ1) is 79.0. The summed E-state index contributed by atoms with van der Waals surface area (Å²) >= 11 is 0. The minimum absolute atomic E-state index is 0. The van der Waals surface area contributed by atoms with E-state index in [4.69, 9.17) is 0 Å². The molecule has 2 bridgehead atoms. The van der Waals surface area contributed by atoms with E-state index in [0.717, 1.165) is 5.92 Å². The monoisotopic (exact) mass is 823 g/mol. The fourth-order valence-corrected chi connectivity index (χ4v) is 5.63. The number of rotatable bonds is 0. The molecule has 4 rings (SSSR count). The maximum Gasteiger partial charge on any atom is 0.402 e. The lowest BCUT2D eigenvalue weighted by Gasteiger charge is -2.29. The van der Waals surface area contributed by atoms with Gasteiger partial charge in [0.1, 0.15) is 0 Å². The molecule has 0 radical (unpaired) electrons. The van der Waals surface area contributed by atoms with Gasteiger partial charge < -0.3 is 0 Å². The van der Waals surface area contributed by atoms with E-state index in [1.807, 2.05) is 41.5 Å². The molecule has 0 N–H and O–H groups in total. The van der Waals surface area contributed by atoms with Gasteiger partial charge in [-0.1, -0.05) is 207 Å². The zero-order valence-corrected chi connectivity index (χ0v) is 36.7. The maximum absolute atomic E-state index is 11.6. The van der Waals surface area contributed by atoms with Crippen molar-refractivity contribution in [2.45, 2.75) is 252 Å². The molecule has 1 aromatic rings. The molecule has 3 aliphatic carbocycles. The first-order valence-electron chi connectivity index (χ1n) is 19.6. The summed E-state index contributed by atoms with van der Waals surface area (Å²) in [5.41, 5.74) is 0.220. The SMILES string of the molecule is C.C.C.C.C.C.C1CC2C3CCC(C3)C2C1.CC.CC.CC.CC(C)(C(F)(F)F)C(F)(F)F.CC(C)(C)C.CC(C)(C)c1cccc(C(C)(C)C)c1.CC(C)C. The van der Waals surface area contributed by atoms with E-state index in [1.165, 1.54) is 34.8 Å². The molecule has 3 saturated carbocycles. The van der Waals surface area contributed by atoms with Crippen LogP contribution in [0.15, 0.2) is 24.3 Å². The van der Waals surface area contributed by atoms with Crippen LogP contribution in [0.2, 0.25) is 0 Å². The number of alkyl halides is 6. The first-order valence-corrected chi connectivity index (χ1v) is 19.6. The van der Waals surface area contributed by atoms with Crippen LogP contribution in [0.3, 0.4) is 0 Å². The molecule has 6 heteroatoms. The van der Waals surface area contributed by atoms with E-state index in [1.54, 1.807) is 38.5 Å². The van der Waals surface area contributed by atoms with E-state index < -0.39 is 17.8 Å². The van der Waals surface area contributed by atoms with Crippen LogP contribution in [0.25, 0.3) is 0 Å². The van der Waals surface area contributed by atoms with Crippen molar-refractivity contribution < 1.29 is 26.3 Å². The predicted octanol–water partition coefficient (Wildman–Crippen LogP) is 20.9. The fraction of sp³-hybridized carbons (Fsp3) is 0.880. The number of hydrogen-bond donors (Lipinski definition) is 0. The highest BCUT2D eigenvalue weighted by Crippen LogP contribution is 2.58. The maximum atomic E-state index is 11.6. The standard InChI is InChI=1S/C14H22.C10H16.C5H6F6.C5H12.C4H10.3C2H6.6CH4/c1-13(2,3)11-8-7-9-12(10-11)14(4,5)6;1-2-9-7-4-5-8(6-7)10(9)3-1;1-3(2,4(6,7)8)5(9,10)11;1-5(2,3)4;1-4(2)3;3*1-2;;;;;;/h7-10H,1-6H3;7-10H,1-6H2;1-2H3;1-4H3;4H,1-3H3;3*1-2H3;6*1H4. The normalized spacial score (nSPS) is 18.6. The van der Waals surface area contributed by atoms with Crippen LogP contribution in [0.1, 0.15) is 240 Å². The van der Waals surface area contributed by atoms with Gasteiger partial charge in [0.25, 0.3) is 0 Å². The molecular formula is C50H108F6. The molecule has 0 aromatic heterocycles. The van der Waals surface area contributed by atoms with Crippen LogP contribution in [-0.2, 0) is 10.8 Å². The van der Waals surface area contributed by atoms with Crippen molar-refractivity contribution >= 4 is 0 Å². The number of hydrogen-bond acceptors (Lipinski definition) is 0. The summed E-state index contributed by atoms with van der Waals surface area (Å²) in [6.07, 6.45) is -0.955. The van der Waals surface area contributed by atoms with E-state index in [2.05, 4.69) is 114 Å². The summed E-state index contributed by atoms with van der Waals surface area (Å²) in [7, 11) is 0. The van der Waals surface area contributed by atoms with Gasteiger partial charge >= 0.3 is 12.4 Å². The van der Waals surface area contributed by atoms with Crippen molar-refractivity contribution in [1.29, 1.82) is 0 Å². The molecule has 0 amide bonds. The molecule has 4 unspecified atom stereocenters. The molecule has 3 fully saturated rings. The summed E-state index contributed by atoms with van der Waals surface area (Å²) in [6, 6.07) is 8.94. The van der Waals surface area contributed by atoms with E-state index in [0.29, 0.717) is 5.41 Å². The summed E-state index contributed by atoms with van der Waals surface area (Å²) in [6.45, 7) is 41.0. The molecule has 1 aromatic carbocycles. The highest BCUT2D eigenvalue weighted by Gasteiger charge is 2.64. The minimum Gasteiger partial charge on any atom is -0.170 e. The number of halogens is 6. The van der Waals surface area contributed by atoms with Crippen molar-refractivity contribution in [3.63, 3.8) is 0 Å². The van der Waals surface area contributed by atoms with Gasteiger partial charge in [0.15, 0.2) is 5.41 Å². The van der Waals surface area contributed by atoms with Crippen molar-refractivity contribution in [1.82, 2.24) is 0 Å². The highest BCUT2D eigenvalue weighted by atomic mass is 19.4. The third-order valence-electron chi connectivity index (χ3n) is 8.36. The van der Waals surface area contributed by atoms with Gasteiger partial charge in [0.2, 0.25) is 0 Å². The molecule has 4 atom stereocenters. The third-order valence-corrected chi connectivity index (χ3v) is 8.36. The molecule has 56 heavy (non-hydrogen) atoms. The molecule has 0 spiro atoms. The zero-order valence-electron chi connectivity index (χ0n) is 36.7. The molecule has 0 nitrogen and oxygen atoms in total. The largest absolute Gasteiger partial charge is 0.402 e. The van der Waals surface area contributed by atoms with Crippen molar-refractivity contribution in [3.8, 4) is 0 Å². The molecule has 350 valence electrons. The Kier molecular flexibility index (Phi) is 48.9. The third kappa shape index (κ3) is 32.7. The van der Waals surface area contributed by atoms with Crippen LogP contribution in [0.4, 0.5) is 26.3 Å². The smallest absolute Gasteiger partial charge is 0.170 e. The van der Waals surface area contributed by atoms with Gasteiger partial charge in [-0.05, 0) is 103 Å². The lowest BCUT2D eigenvalue weighted by atomic mass is 9.81. The second kappa shape index (κ2) is 34.6. The second-order valence-electron chi connectivity index (χ2n) is 18.0. The van der Waals surface area contributed by atoms with Gasteiger partial charge in [-0.2, -0.15) is 26.3 Å². The quantitative estimate of drug-likeness (QED) is 0.229. The van der Waals surface area contributed by atoms with Crippen LogP contribution < -0.4 is 0 Å². The number of fused-ring (bicyclic) bond motifs is 5. The van der Waals surface area contributed by atoms with Crippen LogP contribution in [0, 0.1) is 40.4 Å². The van der Waals surface area contributed by atoms with E-state index in [9.17, 15) is 26.3 Å². The summed E-state index contributed by atoms with van der Waals surface area (Å²) in [5.74, 6) is 5.63. The Hall–Kier alpha value is -1.20. The minimum atomic E-state index is -5.24. The van der Waals surface area contributed by atoms with Gasteiger partial charge in [-0.25, -0.2) is 0 Å². The molecule has 0 heterocycles. The van der Waals surface area contributed by atoms with Crippen molar-refractivity contribution in [2.24, 2.45) is 40.4 Å². The van der Waals surface area contributed by atoms with Crippen molar-refractivity contribution in [2.75, 3.05) is 0 Å². The predicted molar refractivity (Wildman–Crippen MR) is 251 cm³/mol. The van der Waals surface area contributed by atoms with Gasteiger partial charge in [-0.15, -0.1) is 0 Å². The van der Waals surface area contributed by atoms with Crippen LogP contribution >= 0.6 is 0 Å². The summed E-state index contributed by atoms with van der Waals surface area (Å²) in [4.78, 5) is 0. The first-order chi connectivity index (χ1) is 22.4. The fourth-order valence-electron chi connectivity index (χ4n) is 5.63. The number of benzene rings is 1. The Morgan fingerprint density at radius 3 is 0.893 bits per heavy atom. The second-order valence-corrected chi connectivity index (χ2v) is 18.0. The Labute approximate surface area is 353 Å². The Morgan fingerprint density at radius 2 is 0.714 bits per heavy atom. The summed E-state index contributed by atoms with van der Waals surface area (Å²) in [5, 5.41) is 0. The highest BCUT2D eigenvalue weighted by molar-refractivity contribution is 5.32. The Morgan fingerprint density at radius 1 is 0.482 bits per heavy atom. The van der Waals surface area contributed by atoms with E-state index >= 15 is 0 Å². The average molecular weight is 823 g/mol. The summed E-state index contributed by atoms with van der Waals surface area (Å²) < 4.78 is 69.7. The molecule has 0 saturated heterocycles. The van der Waals surface area contributed by atoms with Crippen LogP contribution in [-0.4, -0.2) is 12.4 Å². The molecule has 3 aliphatic rings. The average Bonchev–Trinajstić information content (AvgIpc) is 3.70. The zero-order chi connectivity index (χ0) is 41.1. The van der Waals surface area contributed by atoms with Gasteiger partial charge in [0, 0.05) is 0 Å². The lowest BCUT2D eigenvalue weighted by molar-refractivity contribution is -0.327. The topological polar surface area (TPSA) is 0 Å².